The number of anilines is 1. The average Bonchev–Trinajstić information content (AvgIpc) is 3.29. The molecule has 0 bridgehead atoms. The van der Waals surface area contributed by atoms with Crippen LogP contribution in [0.25, 0.3) is 11.4 Å². The quantitative estimate of drug-likeness (QED) is 0.525. The van der Waals surface area contributed by atoms with Gasteiger partial charge in [0.1, 0.15) is 11.6 Å². The molecular formula is C20H23F3N6OS. The summed E-state index contributed by atoms with van der Waals surface area (Å²) < 4.78 is 50.2. The summed E-state index contributed by atoms with van der Waals surface area (Å²) in [4.78, 5) is 0. The Kier molecular flexibility index (Phi) is 5.54. The van der Waals surface area contributed by atoms with Crippen molar-refractivity contribution in [1.29, 1.82) is 0 Å². The summed E-state index contributed by atoms with van der Waals surface area (Å²) in [7, 11) is 1.54. The fraction of sp³-hybridized carbons (Fsp3) is 0.450. The van der Waals surface area contributed by atoms with Gasteiger partial charge < -0.3 is 10.1 Å². The Morgan fingerprint density at radius 3 is 2.58 bits per heavy atom. The Hall–Kier alpha value is -2.82. The molecule has 7 nitrogen and oxygen atoms in total. The molecule has 0 spiro atoms. The van der Waals surface area contributed by atoms with Gasteiger partial charge >= 0.3 is 6.18 Å². The molecule has 1 aliphatic rings. The van der Waals surface area contributed by atoms with Crippen LogP contribution < -0.4 is 10.1 Å². The van der Waals surface area contributed by atoms with Gasteiger partial charge in [-0.3, -0.25) is 9.67 Å². The first kappa shape index (κ1) is 21.4. The third-order valence-corrected chi connectivity index (χ3v) is 5.62. The molecule has 2 N–H and O–H groups in total. The highest BCUT2D eigenvalue weighted by Crippen LogP contribution is 2.46. The molecule has 2 aromatic heterocycles. The van der Waals surface area contributed by atoms with Crippen molar-refractivity contribution in [1.82, 2.24) is 24.5 Å². The van der Waals surface area contributed by atoms with Crippen LogP contribution in [-0.4, -0.2) is 37.8 Å². The number of ether oxygens (including phenoxy) is 1. The number of rotatable bonds is 5. The van der Waals surface area contributed by atoms with Crippen molar-refractivity contribution in [3.63, 3.8) is 0 Å². The smallest absolute Gasteiger partial charge is 0.410 e. The summed E-state index contributed by atoms with van der Waals surface area (Å²) >= 11 is 5.33. The number of methoxy groups -OCH3 is 1. The van der Waals surface area contributed by atoms with E-state index in [2.05, 4.69) is 20.6 Å². The molecule has 0 saturated carbocycles. The van der Waals surface area contributed by atoms with E-state index >= 15 is 0 Å². The van der Waals surface area contributed by atoms with Gasteiger partial charge in [0.15, 0.2) is 16.6 Å². The number of aromatic amines is 1. The largest absolute Gasteiger partial charge is 0.497 e. The number of benzene rings is 1. The zero-order chi connectivity index (χ0) is 22.3. The summed E-state index contributed by atoms with van der Waals surface area (Å²) in [5.74, 6) is 1.65. The zero-order valence-electron chi connectivity index (χ0n) is 17.3. The molecular weight excluding hydrogens is 429 g/mol. The lowest BCUT2D eigenvalue weighted by molar-refractivity contribution is -0.173. The molecule has 0 saturated heterocycles. The van der Waals surface area contributed by atoms with Crippen molar-refractivity contribution < 1.29 is 17.9 Å². The Morgan fingerprint density at radius 1 is 1.26 bits per heavy atom. The van der Waals surface area contributed by atoms with Crippen LogP contribution in [-0.2, 0) is 6.54 Å². The van der Waals surface area contributed by atoms with Gasteiger partial charge in [0.2, 0.25) is 0 Å². The molecule has 3 aromatic rings. The minimum Gasteiger partial charge on any atom is -0.497 e. The summed E-state index contributed by atoms with van der Waals surface area (Å²) in [6.07, 6.45) is -3.21. The molecule has 0 unspecified atom stereocenters. The lowest BCUT2D eigenvalue weighted by Gasteiger charge is -2.34. The van der Waals surface area contributed by atoms with Gasteiger partial charge in [-0.1, -0.05) is 26.0 Å². The fourth-order valence-corrected chi connectivity index (χ4v) is 4.05. The maximum absolute atomic E-state index is 13.9. The molecule has 166 valence electrons. The molecule has 11 heteroatoms. The van der Waals surface area contributed by atoms with Gasteiger partial charge in [-0.15, -0.1) is 0 Å². The van der Waals surface area contributed by atoms with E-state index in [-0.39, 0.29) is 18.2 Å². The van der Waals surface area contributed by atoms with Crippen LogP contribution in [0.15, 0.2) is 30.5 Å². The Balaban J connectivity index is 1.79. The Labute approximate surface area is 182 Å². The van der Waals surface area contributed by atoms with E-state index < -0.39 is 18.3 Å². The van der Waals surface area contributed by atoms with Crippen LogP contribution in [0.1, 0.15) is 37.9 Å². The summed E-state index contributed by atoms with van der Waals surface area (Å²) in [6, 6.07) is 4.70. The van der Waals surface area contributed by atoms with E-state index in [0.717, 1.165) is 10.2 Å². The van der Waals surface area contributed by atoms with Crippen molar-refractivity contribution in [2.24, 2.45) is 5.92 Å². The van der Waals surface area contributed by atoms with E-state index in [1.54, 1.807) is 35.9 Å². The van der Waals surface area contributed by atoms with Crippen molar-refractivity contribution in [3.05, 3.63) is 40.8 Å². The van der Waals surface area contributed by atoms with Crippen LogP contribution in [0, 0.1) is 10.7 Å². The van der Waals surface area contributed by atoms with Gasteiger partial charge in [-0.05, 0) is 35.8 Å². The summed E-state index contributed by atoms with van der Waals surface area (Å²) in [5.41, 5.74) is 1.20. The second-order valence-electron chi connectivity index (χ2n) is 7.97. The minimum atomic E-state index is -4.45. The van der Waals surface area contributed by atoms with Crippen LogP contribution in [0.3, 0.4) is 0 Å². The number of H-pyrrole nitrogens is 1. The highest BCUT2D eigenvalue weighted by atomic mass is 32.1. The van der Waals surface area contributed by atoms with E-state index in [1.807, 2.05) is 13.8 Å². The lowest BCUT2D eigenvalue weighted by atomic mass is 9.96. The van der Waals surface area contributed by atoms with Crippen molar-refractivity contribution in [3.8, 4) is 17.1 Å². The third kappa shape index (κ3) is 4.06. The Morgan fingerprint density at radius 2 is 1.97 bits per heavy atom. The molecule has 0 aliphatic carbocycles. The van der Waals surface area contributed by atoms with E-state index in [1.165, 1.54) is 6.20 Å². The standard InChI is InChI=1S/C20H23F3N6OS/c1-11(2)10-28-18(26-27-19(28)31)14-9-24-29-16(20(21,22)23)8-15(25-17(14)29)12-4-6-13(30-3)7-5-12/h4-7,9,11,15-16,25H,8,10H2,1-3H3,(H,27,31)/t15-,16+/m1/s1. The summed E-state index contributed by atoms with van der Waals surface area (Å²) in [6.45, 7) is 4.65. The molecule has 4 rings (SSSR count). The first-order chi connectivity index (χ1) is 14.7. The molecule has 0 fully saturated rings. The zero-order valence-corrected chi connectivity index (χ0v) is 18.1. The molecule has 31 heavy (non-hydrogen) atoms. The number of aromatic nitrogens is 5. The van der Waals surface area contributed by atoms with Crippen LogP contribution in [0.4, 0.5) is 19.0 Å². The number of halogens is 3. The normalized spacial score (nSPS) is 18.7. The first-order valence-corrected chi connectivity index (χ1v) is 10.3. The predicted molar refractivity (Wildman–Crippen MR) is 113 cm³/mol. The Bertz CT molecular complexity index is 1120. The highest BCUT2D eigenvalue weighted by Gasteiger charge is 2.47. The van der Waals surface area contributed by atoms with E-state index in [0.29, 0.717) is 28.5 Å². The van der Waals surface area contributed by atoms with Crippen molar-refractivity contribution >= 4 is 18.0 Å². The van der Waals surface area contributed by atoms with Gasteiger partial charge in [0.05, 0.1) is 24.9 Å². The molecule has 2 atom stereocenters. The maximum atomic E-state index is 13.9. The minimum absolute atomic E-state index is 0.178. The average molecular weight is 453 g/mol. The van der Waals surface area contributed by atoms with Crippen LogP contribution >= 0.6 is 12.2 Å². The number of fused-ring (bicyclic) bond motifs is 1. The topological polar surface area (TPSA) is 72.7 Å². The second kappa shape index (κ2) is 8.03. The van der Waals surface area contributed by atoms with Gasteiger partial charge in [0.25, 0.3) is 0 Å². The summed E-state index contributed by atoms with van der Waals surface area (Å²) in [5, 5.41) is 14.4. The number of nitrogens with zero attached hydrogens (tertiary/aromatic N) is 4. The van der Waals surface area contributed by atoms with Gasteiger partial charge in [-0.2, -0.15) is 23.4 Å². The number of hydrogen-bond acceptors (Lipinski definition) is 5. The maximum Gasteiger partial charge on any atom is 0.410 e. The number of nitrogens with one attached hydrogen (secondary N) is 2. The molecule has 1 aromatic carbocycles. The predicted octanol–water partition coefficient (Wildman–Crippen LogP) is 5.13. The number of hydrogen-bond donors (Lipinski definition) is 2. The fourth-order valence-electron chi connectivity index (χ4n) is 3.84. The SMILES string of the molecule is COc1ccc([C@H]2C[C@@H](C(F)(F)F)n3ncc(-c4n[nH]c(=S)n4CC(C)C)c3N2)cc1. The molecule has 3 heterocycles. The van der Waals surface area contributed by atoms with Crippen molar-refractivity contribution in [2.45, 2.75) is 45.1 Å². The monoisotopic (exact) mass is 452 g/mol. The third-order valence-electron chi connectivity index (χ3n) is 5.30. The first-order valence-electron chi connectivity index (χ1n) is 9.89. The molecule has 1 aliphatic heterocycles. The highest BCUT2D eigenvalue weighted by molar-refractivity contribution is 7.71. The second-order valence-corrected chi connectivity index (χ2v) is 8.36. The lowest BCUT2D eigenvalue weighted by Crippen LogP contribution is -2.35. The van der Waals surface area contributed by atoms with Crippen molar-refractivity contribution in [2.75, 3.05) is 12.4 Å². The van der Waals surface area contributed by atoms with Crippen LogP contribution in [0.5, 0.6) is 5.75 Å². The van der Waals surface area contributed by atoms with Crippen LogP contribution in [0.2, 0.25) is 0 Å². The molecule has 0 radical (unpaired) electrons. The van der Waals surface area contributed by atoms with Gasteiger partial charge in [0, 0.05) is 13.0 Å². The number of alkyl halides is 3. The van der Waals surface area contributed by atoms with Gasteiger partial charge in [-0.25, -0.2) is 4.68 Å². The molecule has 0 amide bonds. The van der Waals surface area contributed by atoms with E-state index in [9.17, 15) is 13.2 Å². The van der Waals surface area contributed by atoms with E-state index in [4.69, 9.17) is 17.0 Å².